The molecule has 0 amide bonds. The molecule has 0 spiro atoms. The molecule has 1 aliphatic heterocycles. The van der Waals surface area contributed by atoms with Gasteiger partial charge in [-0.1, -0.05) is 12.8 Å². The zero-order valence-electron chi connectivity index (χ0n) is 13.8. The van der Waals surface area contributed by atoms with E-state index >= 15 is 0 Å². The van der Waals surface area contributed by atoms with Crippen molar-refractivity contribution >= 4 is 5.95 Å². The molecule has 3 rings (SSSR count). The van der Waals surface area contributed by atoms with Gasteiger partial charge >= 0.3 is 0 Å². The van der Waals surface area contributed by atoms with Gasteiger partial charge in [0.25, 0.3) is 0 Å². The zero-order chi connectivity index (χ0) is 15.5. The van der Waals surface area contributed by atoms with E-state index in [9.17, 15) is 5.11 Å². The van der Waals surface area contributed by atoms with Gasteiger partial charge < -0.3 is 14.9 Å². The molecule has 0 unspecified atom stereocenters. The Hall–Kier alpha value is -1.20. The van der Waals surface area contributed by atoms with Gasteiger partial charge in [-0.3, -0.25) is 0 Å². The summed E-state index contributed by atoms with van der Waals surface area (Å²) in [4.78, 5) is 13.8. The first-order valence-electron chi connectivity index (χ1n) is 8.51. The lowest BCUT2D eigenvalue weighted by molar-refractivity contribution is 0.185. The summed E-state index contributed by atoms with van der Waals surface area (Å²) in [6, 6.07) is 2.08. The van der Waals surface area contributed by atoms with E-state index < -0.39 is 0 Å². The van der Waals surface area contributed by atoms with Gasteiger partial charge in [-0.25, -0.2) is 9.97 Å². The summed E-state index contributed by atoms with van der Waals surface area (Å²) in [5.41, 5.74) is 1.21. The van der Waals surface area contributed by atoms with Crippen LogP contribution in [-0.4, -0.2) is 60.3 Å². The number of aliphatic hydroxyl groups is 1. The van der Waals surface area contributed by atoms with Crippen molar-refractivity contribution in [1.82, 2.24) is 14.9 Å². The van der Waals surface area contributed by atoms with E-state index in [1.165, 1.54) is 31.4 Å². The van der Waals surface area contributed by atoms with E-state index in [1.54, 1.807) is 0 Å². The second-order valence-corrected chi connectivity index (χ2v) is 7.13. The number of hydrogen-bond donors (Lipinski definition) is 1. The van der Waals surface area contributed by atoms with Crippen LogP contribution >= 0.6 is 0 Å². The molecule has 0 aromatic carbocycles. The van der Waals surface area contributed by atoms with Gasteiger partial charge in [0.2, 0.25) is 5.95 Å². The molecule has 1 N–H and O–H groups in total. The Morgan fingerprint density at radius 3 is 2.64 bits per heavy atom. The van der Waals surface area contributed by atoms with Crippen molar-refractivity contribution in [2.45, 2.75) is 31.6 Å². The second-order valence-electron chi connectivity index (χ2n) is 7.13. The molecule has 1 aliphatic carbocycles. The van der Waals surface area contributed by atoms with Crippen molar-refractivity contribution in [3.05, 3.63) is 18.0 Å². The fourth-order valence-corrected chi connectivity index (χ4v) is 3.95. The summed E-state index contributed by atoms with van der Waals surface area (Å²) in [6.07, 6.45) is 7.08. The first-order valence-corrected chi connectivity index (χ1v) is 8.51. The molecule has 22 heavy (non-hydrogen) atoms. The quantitative estimate of drug-likeness (QED) is 0.898. The highest BCUT2D eigenvalue weighted by Gasteiger charge is 2.34. The smallest absolute Gasteiger partial charge is 0.225 e. The first-order chi connectivity index (χ1) is 10.7. The van der Waals surface area contributed by atoms with Crippen LogP contribution in [0, 0.1) is 11.8 Å². The van der Waals surface area contributed by atoms with Gasteiger partial charge in [-0.05, 0) is 38.9 Å². The van der Waals surface area contributed by atoms with Gasteiger partial charge in [0.1, 0.15) is 0 Å². The van der Waals surface area contributed by atoms with Crippen LogP contribution in [0.5, 0.6) is 0 Å². The number of nitrogens with zero attached hydrogens (tertiary/aromatic N) is 4. The average Bonchev–Trinajstić information content (AvgIpc) is 3.16. The number of aromatic nitrogens is 2. The molecular formula is C17H28N4O. The fourth-order valence-electron chi connectivity index (χ4n) is 3.95. The molecule has 1 saturated heterocycles. The largest absolute Gasteiger partial charge is 0.396 e. The average molecular weight is 304 g/mol. The van der Waals surface area contributed by atoms with Crippen LogP contribution in [0.2, 0.25) is 0 Å². The van der Waals surface area contributed by atoms with Crippen molar-refractivity contribution < 1.29 is 5.11 Å². The van der Waals surface area contributed by atoms with Gasteiger partial charge in [-0.2, -0.15) is 0 Å². The molecule has 2 fully saturated rings. The van der Waals surface area contributed by atoms with Crippen molar-refractivity contribution in [3.8, 4) is 0 Å². The molecule has 1 aromatic rings. The van der Waals surface area contributed by atoms with Gasteiger partial charge in [-0.15, -0.1) is 0 Å². The number of hydrogen-bond acceptors (Lipinski definition) is 5. The minimum Gasteiger partial charge on any atom is -0.396 e. The Kier molecular flexibility index (Phi) is 4.93. The summed E-state index contributed by atoms with van der Waals surface area (Å²) >= 11 is 0. The lowest BCUT2D eigenvalue weighted by atomic mass is 9.97. The maximum Gasteiger partial charge on any atom is 0.225 e. The number of anilines is 1. The number of aliphatic hydroxyl groups excluding tert-OH is 1. The van der Waals surface area contributed by atoms with Crippen molar-refractivity contribution in [1.29, 1.82) is 0 Å². The normalized spacial score (nSPS) is 26.3. The molecule has 2 aliphatic rings. The predicted molar refractivity (Wildman–Crippen MR) is 88.1 cm³/mol. The van der Waals surface area contributed by atoms with Crippen LogP contribution in [0.3, 0.4) is 0 Å². The minimum absolute atomic E-state index is 0.247. The highest BCUT2D eigenvalue weighted by Crippen LogP contribution is 2.34. The molecule has 122 valence electrons. The van der Waals surface area contributed by atoms with Crippen LogP contribution in [0.4, 0.5) is 5.95 Å². The summed E-state index contributed by atoms with van der Waals surface area (Å²) in [5.74, 6) is 2.28. The Bertz CT molecular complexity index is 487. The number of rotatable bonds is 5. The summed E-state index contributed by atoms with van der Waals surface area (Å²) in [5, 5.41) is 9.66. The van der Waals surface area contributed by atoms with Crippen LogP contribution in [0.25, 0.3) is 0 Å². The Morgan fingerprint density at radius 2 is 1.95 bits per heavy atom. The van der Waals surface area contributed by atoms with Crippen LogP contribution in [-0.2, 0) is 0 Å². The lowest BCUT2D eigenvalue weighted by Crippen LogP contribution is -2.28. The predicted octanol–water partition coefficient (Wildman–Crippen LogP) is 1.74. The van der Waals surface area contributed by atoms with Crippen LogP contribution in [0.1, 0.15) is 37.3 Å². The molecule has 1 saturated carbocycles. The van der Waals surface area contributed by atoms with Crippen molar-refractivity contribution in [2.75, 3.05) is 45.2 Å². The van der Waals surface area contributed by atoms with Gasteiger partial charge in [0, 0.05) is 50.0 Å². The maximum atomic E-state index is 9.66. The van der Waals surface area contributed by atoms with Crippen LogP contribution in [0.15, 0.2) is 12.3 Å². The van der Waals surface area contributed by atoms with E-state index in [1.807, 2.05) is 6.20 Å². The summed E-state index contributed by atoms with van der Waals surface area (Å²) in [7, 11) is 4.18. The van der Waals surface area contributed by atoms with Gasteiger partial charge in [0.15, 0.2) is 0 Å². The summed E-state index contributed by atoms with van der Waals surface area (Å²) in [6.45, 7) is 3.06. The third kappa shape index (κ3) is 3.41. The molecule has 0 bridgehead atoms. The molecule has 2 heterocycles. The van der Waals surface area contributed by atoms with Gasteiger partial charge in [0.05, 0.1) is 0 Å². The molecule has 2 atom stereocenters. The highest BCUT2D eigenvalue weighted by molar-refractivity contribution is 5.33. The Balaban J connectivity index is 1.72. The monoisotopic (exact) mass is 304 g/mol. The second kappa shape index (κ2) is 6.92. The molecule has 1 aromatic heterocycles. The first kappa shape index (κ1) is 15.7. The SMILES string of the molecule is CN(C)C[C@@H]1CN(c2nccc(C3CCCC3)n2)C[C@@H]1CO. The maximum absolute atomic E-state index is 9.66. The van der Waals surface area contributed by atoms with E-state index in [0.29, 0.717) is 17.8 Å². The molecule has 5 heteroatoms. The highest BCUT2D eigenvalue weighted by atomic mass is 16.3. The van der Waals surface area contributed by atoms with E-state index in [4.69, 9.17) is 4.98 Å². The van der Waals surface area contributed by atoms with E-state index in [2.05, 4.69) is 34.9 Å². The zero-order valence-corrected chi connectivity index (χ0v) is 13.8. The fraction of sp³-hybridized carbons (Fsp3) is 0.765. The third-order valence-electron chi connectivity index (χ3n) is 5.13. The molecular weight excluding hydrogens is 276 g/mol. The molecule has 5 nitrogen and oxygen atoms in total. The third-order valence-corrected chi connectivity index (χ3v) is 5.13. The lowest BCUT2D eigenvalue weighted by Gasteiger charge is -2.20. The van der Waals surface area contributed by atoms with E-state index in [0.717, 1.165) is 25.6 Å². The topological polar surface area (TPSA) is 52.5 Å². The van der Waals surface area contributed by atoms with E-state index in [-0.39, 0.29) is 6.61 Å². The summed E-state index contributed by atoms with van der Waals surface area (Å²) < 4.78 is 0. The minimum atomic E-state index is 0.247. The molecule has 0 radical (unpaired) electrons. The standard InChI is InChI=1S/C17H28N4O/c1-20(2)9-14-10-21(11-15(14)12-22)17-18-8-7-16(19-17)13-5-3-4-6-13/h7-8,13-15,22H,3-6,9-12H2,1-2H3/t14-,15-/m1/s1. The van der Waals surface area contributed by atoms with Crippen molar-refractivity contribution in [3.63, 3.8) is 0 Å². The Labute approximate surface area is 133 Å². The Morgan fingerprint density at radius 1 is 1.23 bits per heavy atom. The van der Waals surface area contributed by atoms with Crippen molar-refractivity contribution in [2.24, 2.45) is 11.8 Å². The van der Waals surface area contributed by atoms with Crippen LogP contribution < -0.4 is 4.90 Å².